The highest BCUT2D eigenvalue weighted by Gasteiger charge is 2.17. The minimum absolute atomic E-state index is 0.00259. The Kier molecular flexibility index (Phi) is 2.97. The average Bonchev–Trinajstić information content (AvgIpc) is 2.10. The molecule has 1 rings (SSSR count). The molecule has 0 saturated carbocycles. The van der Waals surface area contributed by atoms with Crippen LogP contribution in [0.5, 0.6) is 5.75 Å². The number of nitriles is 1. The Morgan fingerprint density at radius 3 is 2.79 bits per heavy atom. The fourth-order valence-electron chi connectivity index (χ4n) is 1.12. The zero-order valence-corrected chi connectivity index (χ0v) is 7.46. The average molecular weight is 198 g/mol. The van der Waals surface area contributed by atoms with Gasteiger partial charge in [-0.1, -0.05) is 0 Å². The smallest absolute Gasteiger partial charge is 0.267 e. The lowest BCUT2D eigenvalue weighted by Crippen LogP contribution is -1.97. The van der Waals surface area contributed by atoms with E-state index in [4.69, 9.17) is 5.26 Å². The molecule has 5 heteroatoms. The number of aromatic hydroxyl groups is 1. The number of hydrogen-bond acceptors (Lipinski definition) is 3. The van der Waals surface area contributed by atoms with Gasteiger partial charge >= 0.3 is 0 Å². The topological polar surface area (TPSA) is 56.9 Å². The molecule has 74 valence electrons. The van der Waals surface area contributed by atoms with Gasteiger partial charge in [0, 0.05) is 5.69 Å². The van der Waals surface area contributed by atoms with Crippen molar-refractivity contribution >= 4 is 0 Å². The number of nitrogens with zero attached hydrogens (tertiary/aromatic N) is 2. The third-order valence-corrected chi connectivity index (χ3v) is 1.70. The Balaban J connectivity index is 3.26. The predicted octanol–water partition coefficient (Wildman–Crippen LogP) is 2.10. The van der Waals surface area contributed by atoms with Gasteiger partial charge in [0.25, 0.3) is 6.43 Å². The molecule has 0 spiro atoms. The number of pyridine rings is 1. The highest BCUT2D eigenvalue weighted by molar-refractivity contribution is 5.39. The quantitative estimate of drug-likeness (QED) is 0.791. The Morgan fingerprint density at radius 2 is 2.29 bits per heavy atom. The highest BCUT2D eigenvalue weighted by Crippen LogP contribution is 2.30. The van der Waals surface area contributed by atoms with Gasteiger partial charge in [-0.2, -0.15) is 5.26 Å². The van der Waals surface area contributed by atoms with Crippen LogP contribution in [0.15, 0.2) is 6.07 Å². The zero-order valence-electron chi connectivity index (χ0n) is 7.46. The molecule has 1 N–H and O–H groups in total. The van der Waals surface area contributed by atoms with Crippen LogP contribution in [0.25, 0.3) is 0 Å². The van der Waals surface area contributed by atoms with E-state index in [2.05, 4.69) is 4.98 Å². The molecule has 0 unspecified atom stereocenters. The van der Waals surface area contributed by atoms with Crippen molar-refractivity contribution in [3.8, 4) is 11.8 Å². The van der Waals surface area contributed by atoms with Crippen molar-refractivity contribution in [1.82, 2.24) is 4.98 Å². The van der Waals surface area contributed by atoms with E-state index >= 15 is 0 Å². The third kappa shape index (κ3) is 1.96. The first kappa shape index (κ1) is 10.4. The van der Waals surface area contributed by atoms with E-state index in [1.54, 1.807) is 6.07 Å². The molecule has 0 aromatic carbocycles. The van der Waals surface area contributed by atoms with E-state index in [0.717, 1.165) is 6.07 Å². The van der Waals surface area contributed by atoms with Gasteiger partial charge in [-0.05, 0) is 13.0 Å². The van der Waals surface area contributed by atoms with Gasteiger partial charge in [0.05, 0.1) is 23.7 Å². The molecule has 0 bridgehead atoms. The van der Waals surface area contributed by atoms with Crippen LogP contribution in [0, 0.1) is 18.3 Å². The summed E-state index contributed by atoms with van der Waals surface area (Å²) in [5, 5.41) is 17.7. The van der Waals surface area contributed by atoms with Gasteiger partial charge in [-0.3, -0.25) is 4.98 Å². The molecule has 14 heavy (non-hydrogen) atoms. The monoisotopic (exact) mass is 198 g/mol. The van der Waals surface area contributed by atoms with Gasteiger partial charge in [0.15, 0.2) is 0 Å². The fraction of sp³-hybridized carbons (Fsp3) is 0.333. The number of alkyl halides is 2. The Labute approximate surface area is 79.6 Å². The van der Waals surface area contributed by atoms with E-state index in [9.17, 15) is 13.9 Å². The Bertz CT molecular complexity index is 385. The van der Waals surface area contributed by atoms with Gasteiger partial charge in [-0.25, -0.2) is 8.78 Å². The number of hydrogen-bond donors (Lipinski definition) is 1. The fourth-order valence-corrected chi connectivity index (χ4v) is 1.12. The van der Waals surface area contributed by atoms with Crippen molar-refractivity contribution in [2.24, 2.45) is 0 Å². The first-order valence-electron chi connectivity index (χ1n) is 3.90. The van der Waals surface area contributed by atoms with Crippen LogP contribution in [0.4, 0.5) is 8.78 Å². The van der Waals surface area contributed by atoms with Crippen LogP contribution >= 0.6 is 0 Å². The predicted molar refractivity (Wildman–Crippen MR) is 44.9 cm³/mol. The molecule has 1 aromatic rings. The van der Waals surface area contributed by atoms with E-state index in [1.807, 2.05) is 0 Å². The molecular formula is C9H8F2N2O. The summed E-state index contributed by atoms with van der Waals surface area (Å²) >= 11 is 0. The normalized spacial score (nSPS) is 10.2. The van der Waals surface area contributed by atoms with Crippen molar-refractivity contribution in [1.29, 1.82) is 5.26 Å². The lowest BCUT2D eigenvalue weighted by atomic mass is 10.1. The van der Waals surface area contributed by atoms with Crippen molar-refractivity contribution < 1.29 is 13.9 Å². The van der Waals surface area contributed by atoms with Crippen LogP contribution in [-0.4, -0.2) is 10.1 Å². The molecular weight excluding hydrogens is 190 g/mol. The Hall–Kier alpha value is -1.70. The van der Waals surface area contributed by atoms with Crippen LogP contribution in [0.3, 0.4) is 0 Å². The maximum absolute atomic E-state index is 12.4. The Morgan fingerprint density at radius 1 is 1.64 bits per heavy atom. The van der Waals surface area contributed by atoms with Crippen LogP contribution in [0.2, 0.25) is 0 Å². The van der Waals surface area contributed by atoms with Crippen LogP contribution < -0.4 is 0 Å². The molecule has 0 aliphatic heterocycles. The van der Waals surface area contributed by atoms with Gasteiger partial charge in [-0.15, -0.1) is 0 Å². The maximum atomic E-state index is 12.4. The molecule has 0 radical (unpaired) electrons. The van der Waals surface area contributed by atoms with Crippen molar-refractivity contribution in [3.63, 3.8) is 0 Å². The summed E-state index contributed by atoms with van der Waals surface area (Å²) in [6.45, 7) is 1.53. The number of aromatic nitrogens is 1. The molecule has 1 aromatic heterocycles. The molecule has 0 atom stereocenters. The lowest BCUT2D eigenvalue weighted by molar-refractivity contribution is 0.147. The van der Waals surface area contributed by atoms with Crippen LogP contribution in [-0.2, 0) is 6.42 Å². The zero-order chi connectivity index (χ0) is 10.7. The first-order chi connectivity index (χ1) is 6.56. The maximum Gasteiger partial charge on any atom is 0.267 e. The van der Waals surface area contributed by atoms with Crippen molar-refractivity contribution in [2.75, 3.05) is 0 Å². The van der Waals surface area contributed by atoms with E-state index in [0.29, 0.717) is 5.69 Å². The summed E-state index contributed by atoms with van der Waals surface area (Å²) in [5.41, 5.74) is -0.103. The molecule has 0 fully saturated rings. The van der Waals surface area contributed by atoms with E-state index in [1.165, 1.54) is 6.92 Å². The van der Waals surface area contributed by atoms with Crippen molar-refractivity contribution in [2.45, 2.75) is 19.8 Å². The number of rotatable bonds is 2. The summed E-state index contributed by atoms with van der Waals surface area (Å²) in [4.78, 5) is 3.80. The largest absolute Gasteiger partial charge is 0.505 e. The SMILES string of the molecule is Cc1cc(C(F)F)c(O)c(CC#N)n1. The minimum atomic E-state index is -2.76. The third-order valence-electron chi connectivity index (χ3n) is 1.70. The highest BCUT2D eigenvalue weighted by atomic mass is 19.3. The standard InChI is InChI=1S/C9H8F2N2O/c1-5-4-6(9(10)11)8(14)7(13-5)2-3-12/h4,9,14H,2H2,1H3. The lowest BCUT2D eigenvalue weighted by Gasteiger charge is -2.07. The second-order valence-corrected chi connectivity index (χ2v) is 2.78. The van der Waals surface area contributed by atoms with E-state index < -0.39 is 17.7 Å². The number of aryl methyl sites for hydroxylation is 1. The molecule has 0 saturated heterocycles. The second kappa shape index (κ2) is 4.01. The molecule has 3 nitrogen and oxygen atoms in total. The molecule has 0 amide bonds. The molecule has 1 heterocycles. The summed E-state index contributed by atoms with van der Waals surface area (Å²) < 4.78 is 24.7. The first-order valence-corrected chi connectivity index (χ1v) is 3.90. The summed E-state index contributed by atoms with van der Waals surface area (Å²) in [6.07, 6.45) is -2.93. The summed E-state index contributed by atoms with van der Waals surface area (Å²) in [5.74, 6) is -0.577. The number of halogens is 2. The van der Waals surface area contributed by atoms with Crippen molar-refractivity contribution in [3.05, 3.63) is 23.0 Å². The summed E-state index contributed by atoms with van der Waals surface area (Å²) in [7, 11) is 0. The van der Waals surface area contributed by atoms with Gasteiger partial charge in [0.1, 0.15) is 5.75 Å². The summed E-state index contributed by atoms with van der Waals surface area (Å²) in [6, 6.07) is 2.86. The van der Waals surface area contributed by atoms with Crippen LogP contribution in [0.1, 0.15) is 23.4 Å². The molecule has 0 aliphatic rings. The molecule has 0 aliphatic carbocycles. The van der Waals surface area contributed by atoms with Gasteiger partial charge < -0.3 is 5.11 Å². The van der Waals surface area contributed by atoms with E-state index in [-0.39, 0.29) is 12.1 Å². The second-order valence-electron chi connectivity index (χ2n) is 2.78. The van der Waals surface area contributed by atoms with Gasteiger partial charge in [0.2, 0.25) is 0 Å². The minimum Gasteiger partial charge on any atom is -0.505 e.